The number of carbonyl (C=O) groups excluding carboxylic acids is 2. The first kappa shape index (κ1) is 28.0. The number of nitrogens with one attached hydrogen (secondary N) is 1. The van der Waals surface area contributed by atoms with Crippen molar-refractivity contribution in [1.29, 1.82) is 0 Å². The SMILES string of the molecule is CCOCCCN(CC(=O)N(Cc1ccccc1)Cc1cccs1)C(=O)Nc1ccc(OC)cc1OC. The summed E-state index contributed by atoms with van der Waals surface area (Å²) in [6.45, 7) is 4.27. The first-order chi connectivity index (χ1) is 18.0. The lowest BCUT2D eigenvalue weighted by Crippen LogP contribution is -2.44. The van der Waals surface area contributed by atoms with Gasteiger partial charge in [0.2, 0.25) is 5.91 Å². The third-order valence-corrected chi connectivity index (χ3v) is 6.54. The summed E-state index contributed by atoms with van der Waals surface area (Å²) >= 11 is 1.61. The highest BCUT2D eigenvalue weighted by molar-refractivity contribution is 7.09. The molecule has 9 heteroatoms. The standard InChI is InChI=1S/C28H35N3O5S/c1-4-36-16-9-15-30(28(33)29-25-14-13-23(34-2)18-26(25)35-3)21-27(32)31(20-24-12-8-17-37-24)19-22-10-6-5-7-11-22/h5-8,10-14,17-18H,4,9,15-16,19-21H2,1-3H3,(H,29,33). The van der Waals surface area contributed by atoms with E-state index in [9.17, 15) is 9.59 Å². The minimum atomic E-state index is -0.385. The maximum atomic E-state index is 13.6. The third kappa shape index (κ3) is 8.80. The lowest BCUT2D eigenvalue weighted by molar-refractivity contribution is -0.133. The van der Waals surface area contributed by atoms with Crippen LogP contribution < -0.4 is 14.8 Å². The summed E-state index contributed by atoms with van der Waals surface area (Å²) in [7, 11) is 3.09. The van der Waals surface area contributed by atoms with Crippen molar-refractivity contribution < 1.29 is 23.8 Å². The molecule has 1 aromatic heterocycles. The number of nitrogens with zero attached hydrogens (tertiary/aromatic N) is 2. The van der Waals surface area contributed by atoms with E-state index in [0.717, 1.165) is 10.4 Å². The molecule has 2 aromatic carbocycles. The lowest BCUT2D eigenvalue weighted by atomic mass is 10.2. The van der Waals surface area contributed by atoms with E-state index in [1.807, 2.05) is 54.8 Å². The van der Waals surface area contributed by atoms with Gasteiger partial charge in [0, 0.05) is 37.2 Å². The van der Waals surface area contributed by atoms with Crippen LogP contribution in [0.3, 0.4) is 0 Å². The Balaban J connectivity index is 1.77. The fraction of sp³-hybridized carbons (Fsp3) is 0.357. The predicted molar refractivity (Wildman–Crippen MR) is 146 cm³/mol. The molecular weight excluding hydrogens is 490 g/mol. The van der Waals surface area contributed by atoms with E-state index in [-0.39, 0.29) is 18.5 Å². The summed E-state index contributed by atoms with van der Waals surface area (Å²) in [5.41, 5.74) is 1.53. The van der Waals surface area contributed by atoms with Crippen molar-refractivity contribution in [2.24, 2.45) is 0 Å². The molecule has 37 heavy (non-hydrogen) atoms. The molecule has 198 valence electrons. The predicted octanol–water partition coefficient (Wildman–Crippen LogP) is 5.25. The Morgan fingerprint density at radius 1 is 0.946 bits per heavy atom. The number of carbonyl (C=O) groups is 2. The Kier molecular flexibility index (Phi) is 11.3. The van der Waals surface area contributed by atoms with Crippen LogP contribution in [0.15, 0.2) is 66.0 Å². The Morgan fingerprint density at radius 3 is 2.43 bits per heavy atom. The second-order valence-corrected chi connectivity index (χ2v) is 9.32. The van der Waals surface area contributed by atoms with Gasteiger partial charge in [0.1, 0.15) is 18.0 Å². The maximum Gasteiger partial charge on any atom is 0.322 e. The van der Waals surface area contributed by atoms with Crippen LogP contribution in [0.1, 0.15) is 23.8 Å². The van der Waals surface area contributed by atoms with Crippen molar-refractivity contribution in [3.8, 4) is 11.5 Å². The van der Waals surface area contributed by atoms with Crippen LogP contribution >= 0.6 is 11.3 Å². The fourth-order valence-corrected chi connectivity index (χ4v) is 4.46. The average molecular weight is 526 g/mol. The first-order valence-corrected chi connectivity index (χ1v) is 13.1. The van der Waals surface area contributed by atoms with Crippen LogP contribution in [0, 0.1) is 0 Å². The third-order valence-electron chi connectivity index (χ3n) is 5.68. The number of anilines is 1. The number of urea groups is 1. The molecule has 0 atom stereocenters. The van der Waals surface area contributed by atoms with Gasteiger partial charge in [-0.25, -0.2) is 4.79 Å². The van der Waals surface area contributed by atoms with E-state index in [2.05, 4.69) is 5.32 Å². The van der Waals surface area contributed by atoms with Crippen LogP contribution in [0.5, 0.6) is 11.5 Å². The zero-order valence-electron chi connectivity index (χ0n) is 21.6. The molecule has 0 aliphatic carbocycles. The van der Waals surface area contributed by atoms with Crippen molar-refractivity contribution in [3.63, 3.8) is 0 Å². The molecule has 3 rings (SSSR count). The van der Waals surface area contributed by atoms with Gasteiger partial charge < -0.3 is 29.3 Å². The molecule has 8 nitrogen and oxygen atoms in total. The Labute approximate surface area is 222 Å². The normalized spacial score (nSPS) is 10.6. The van der Waals surface area contributed by atoms with E-state index in [0.29, 0.717) is 56.5 Å². The number of thiophene rings is 1. The Bertz CT molecular complexity index is 1110. The average Bonchev–Trinajstić information content (AvgIpc) is 3.44. The van der Waals surface area contributed by atoms with Gasteiger partial charge in [-0.05, 0) is 42.5 Å². The summed E-state index contributed by atoms with van der Waals surface area (Å²) in [6.07, 6.45) is 0.609. The number of ether oxygens (including phenoxy) is 3. The minimum absolute atomic E-state index is 0.0609. The Hall–Kier alpha value is -3.56. The van der Waals surface area contributed by atoms with Crippen LogP contribution in [-0.2, 0) is 22.6 Å². The molecule has 3 amide bonds. The highest BCUT2D eigenvalue weighted by Gasteiger charge is 2.23. The van der Waals surface area contributed by atoms with Crippen LogP contribution in [0.4, 0.5) is 10.5 Å². The molecule has 0 bridgehead atoms. The van der Waals surface area contributed by atoms with Gasteiger partial charge in [-0.3, -0.25) is 4.79 Å². The summed E-state index contributed by atoms with van der Waals surface area (Å²) in [5.74, 6) is 0.950. The van der Waals surface area contributed by atoms with E-state index in [1.165, 1.54) is 12.0 Å². The van der Waals surface area contributed by atoms with Gasteiger partial charge in [0.15, 0.2) is 0 Å². The monoisotopic (exact) mass is 525 g/mol. The summed E-state index contributed by atoms with van der Waals surface area (Å²) < 4.78 is 16.1. The Morgan fingerprint density at radius 2 is 1.76 bits per heavy atom. The highest BCUT2D eigenvalue weighted by atomic mass is 32.1. The maximum absolute atomic E-state index is 13.6. The zero-order valence-corrected chi connectivity index (χ0v) is 22.5. The molecule has 0 saturated heterocycles. The van der Waals surface area contributed by atoms with Crippen LogP contribution in [0.2, 0.25) is 0 Å². The minimum Gasteiger partial charge on any atom is -0.497 e. The van der Waals surface area contributed by atoms with Gasteiger partial charge in [-0.1, -0.05) is 36.4 Å². The lowest BCUT2D eigenvalue weighted by Gasteiger charge is -2.28. The van der Waals surface area contributed by atoms with Crippen molar-refractivity contribution >= 4 is 29.0 Å². The van der Waals surface area contributed by atoms with E-state index < -0.39 is 0 Å². The van der Waals surface area contributed by atoms with Crippen molar-refractivity contribution in [2.75, 3.05) is 45.8 Å². The first-order valence-electron chi connectivity index (χ1n) is 12.2. The van der Waals surface area contributed by atoms with Crippen LogP contribution in [0.25, 0.3) is 0 Å². The molecule has 0 unspecified atom stereocenters. The summed E-state index contributed by atoms with van der Waals surface area (Å²) in [5, 5.41) is 4.89. The van der Waals surface area contributed by atoms with Gasteiger partial charge >= 0.3 is 6.03 Å². The molecule has 0 aliphatic heterocycles. The number of hydrogen-bond acceptors (Lipinski definition) is 6. The van der Waals surface area contributed by atoms with E-state index in [1.54, 1.807) is 41.5 Å². The topological polar surface area (TPSA) is 80.3 Å². The molecule has 0 spiro atoms. The van der Waals surface area contributed by atoms with Crippen molar-refractivity contribution in [2.45, 2.75) is 26.4 Å². The molecule has 0 fully saturated rings. The highest BCUT2D eigenvalue weighted by Crippen LogP contribution is 2.29. The van der Waals surface area contributed by atoms with Gasteiger partial charge in [-0.15, -0.1) is 11.3 Å². The molecule has 0 saturated carbocycles. The van der Waals surface area contributed by atoms with Gasteiger partial charge in [0.25, 0.3) is 0 Å². The number of benzene rings is 2. The second-order valence-electron chi connectivity index (χ2n) is 8.28. The summed E-state index contributed by atoms with van der Waals surface area (Å²) in [6, 6.07) is 18.6. The molecule has 1 heterocycles. The molecule has 3 aromatic rings. The van der Waals surface area contributed by atoms with Gasteiger partial charge in [0.05, 0.1) is 26.5 Å². The number of amides is 3. The number of hydrogen-bond donors (Lipinski definition) is 1. The van der Waals surface area contributed by atoms with Crippen molar-refractivity contribution in [3.05, 3.63) is 76.5 Å². The molecule has 0 aliphatic rings. The molecule has 0 radical (unpaired) electrons. The van der Waals surface area contributed by atoms with Crippen LogP contribution in [-0.4, -0.2) is 62.3 Å². The zero-order chi connectivity index (χ0) is 26.5. The van der Waals surface area contributed by atoms with Gasteiger partial charge in [-0.2, -0.15) is 0 Å². The van der Waals surface area contributed by atoms with Crippen molar-refractivity contribution in [1.82, 2.24) is 9.80 Å². The quantitative estimate of drug-likeness (QED) is 0.291. The summed E-state index contributed by atoms with van der Waals surface area (Å²) in [4.78, 5) is 31.3. The number of rotatable bonds is 14. The largest absolute Gasteiger partial charge is 0.497 e. The van der Waals surface area contributed by atoms with E-state index >= 15 is 0 Å². The smallest absolute Gasteiger partial charge is 0.322 e. The number of methoxy groups -OCH3 is 2. The molecule has 1 N–H and O–H groups in total. The fourth-order valence-electron chi connectivity index (χ4n) is 3.74. The second kappa shape index (κ2) is 14.9. The van der Waals surface area contributed by atoms with E-state index in [4.69, 9.17) is 14.2 Å². The molecular formula is C28H35N3O5S.